The molecule has 2 heteroatoms. The molecule has 0 saturated heterocycles. The van der Waals surface area contributed by atoms with E-state index in [1.165, 1.54) is 17.5 Å². The predicted octanol–water partition coefficient (Wildman–Crippen LogP) is 3.35. The molecule has 0 radical (unpaired) electrons. The summed E-state index contributed by atoms with van der Waals surface area (Å²) in [6.07, 6.45) is 2.36. The van der Waals surface area contributed by atoms with Gasteiger partial charge < -0.3 is 5.11 Å². The molecule has 1 aliphatic rings. The molecule has 0 saturated carbocycles. The van der Waals surface area contributed by atoms with Crippen LogP contribution in [0.4, 0.5) is 0 Å². The lowest BCUT2D eigenvalue weighted by molar-refractivity contribution is 0.466. The van der Waals surface area contributed by atoms with Crippen molar-refractivity contribution in [3.8, 4) is 5.75 Å². The summed E-state index contributed by atoms with van der Waals surface area (Å²) in [6.45, 7) is 4.28. The van der Waals surface area contributed by atoms with Crippen LogP contribution in [0.15, 0.2) is 6.07 Å². The summed E-state index contributed by atoms with van der Waals surface area (Å²) < 4.78 is 0.989. The van der Waals surface area contributed by atoms with Crippen LogP contribution in [-0.2, 0) is 6.42 Å². The fourth-order valence-electron chi connectivity index (χ4n) is 2.12. The normalized spacial score (nSPS) is 20.4. The fourth-order valence-corrected chi connectivity index (χ4v) is 2.86. The Morgan fingerprint density at radius 2 is 2.23 bits per heavy atom. The lowest BCUT2D eigenvalue weighted by Gasteiger charge is -2.10. The number of hydrogen-bond acceptors (Lipinski definition) is 1. The number of aromatic hydroxyl groups is 1. The summed E-state index contributed by atoms with van der Waals surface area (Å²) in [5.41, 5.74) is 3.91. The molecule has 1 aromatic carbocycles. The zero-order valence-electron chi connectivity index (χ0n) is 7.89. The molecule has 1 nitrogen and oxygen atoms in total. The standard InChI is InChI=1S/C11H13IO/c1-6-3-4-8-7(2)11(13)10(12)5-9(6)8/h5-6,13H,3-4H2,1-2H3. The zero-order chi connectivity index (χ0) is 9.59. The molecule has 0 fully saturated rings. The molecule has 0 spiro atoms. The third-order valence-electron chi connectivity index (χ3n) is 3.02. The second-order valence-electron chi connectivity index (χ2n) is 3.84. The van der Waals surface area contributed by atoms with Crippen LogP contribution in [0.5, 0.6) is 5.75 Å². The van der Waals surface area contributed by atoms with E-state index in [2.05, 4.69) is 35.6 Å². The highest BCUT2D eigenvalue weighted by molar-refractivity contribution is 14.1. The maximum Gasteiger partial charge on any atom is 0.132 e. The highest BCUT2D eigenvalue weighted by atomic mass is 127. The predicted molar refractivity (Wildman–Crippen MR) is 62.3 cm³/mol. The Hall–Kier alpha value is -0.250. The molecular weight excluding hydrogens is 275 g/mol. The first kappa shape index (κ1) is 9.31. The van der Waals surface area contributed by atoms with Crippen LogP contribution in [0.2, 0.25) is 0 Å². The molecule has 0 bridgehead atoms. The zero-order valence-corrected chi connectivity index (χ0v) is 10.1. The van der Waals surface area contributed by atoms with Crippen molar-refractivity contribution in [1.29, 1.82) is 0 Å². The molecule has 1 atom stereocenters. The fraction of sp³-hybridized carbons (Fsp3) is 0.455. The Morgan fingerprint density at radius 1 is 1.54 bits per heavy atom. The molecule has 0 aromatic heterocycles. The average Bonchev–Trinajstić information content (AvgIpc) is 2.45. The maximum atomic E-state index is 9.75. The van der Waals surface area contributed by atoms with Gasteiger partial charge in [-0.2, -0.15) is 0 Å². The number of hydrogen-bond donors (Lipinski definition) is 1. The number of halogens is 1. The van der Waals surface area contributed by atoms with E-state index < -0.39 is 0 Å². The van der Waals surface area contributed by atoms with Crippen molar-refractivity contribution < 1.29 is 5.11 Å². The second kappa shape index (κ2) is 3.15. The summed E-state index contributed by atoms with van der Waals surface area (Å²) in [5.74, 6) is 1.15. The van der Waals surface area contributed by atoms with Gasteiger partial charge in [0.2, 0.25) is 0 Å². The molecule has 13 heavy (non-hydrogen) atoms. The monoisotopic (exact) mass is 288 g/mol. The molecule has 1 aromatic rings. The molecule has 2 rings (SSSR count). The van der Waals surface area contributed by atoms with Crippen LogP contribution in [0, 0.1) is 10.5 Å². The Bertz CT molecular complexity index is 358. The molecule has 1 N–H and O–H groups in total. The number of benzene rings is 1. The molecule has 0 heterocycles. The minimum atomic E-state index is 0.480. The first-order chi connectivity index (χ1) is 6.11. The third-order valence-corrected chi connectivity index (χ3v) is 3.85. The average molecular weight is 288 g/mol. The van der Waals surface area contributed by atoms with Gasteiger partial charge in [-0.1, -0.05) is 6.92 Å². The summed E-state index contributed by atoms with van der Waals surface area (Å²) in [4.78, 5) is 0. The van der Waals surface area contributed by atoms with Gasteiger partial charge in [-0.25, -0.2) is 0 Å². The minimum absolute atomic E-state index is 0.480. The van der Waals surface area contributed by atoms with Gasteiger partial charge in [0.15, 0.2) is 0 Å². The largest absolute Gasteiger partial charge is 0.507 e. The van der Waals surface area contributed by atoms with Crippen LogP contribution in [-0.4, -0.2) is 5.11 Å². The first-order valence-corrected chi connectivity index (χ1v) is 5.70. The summed E-state index contributed by atoms with van der Waals surface area (Å²) in [5, 5.41) is 9.75. The molecule has 0 aliphatic heterocycles. The first-order valence-electron chi connectivity index (χ1n) is 4.62. The SMILES string of the molecule is Cc1c(O)c(I)cc2c1CCC2C. The third kappa shape index (κ3) is 1.35. The van der Waals surface area contributed by atoms with Crippen molar-refractivity contribution in [2.45, 2.75) is 32.6 Å². The van der Waals surface area contributed by atoms with Crippen LogP contribution in [0.1, 0.15) is 36.0 Å². The van der Waals surface area contributed by atoms with Crippen molar-refractivity contribution in [3.05, 3.63) is 26.3 Å². The van der Waals surface area contributed by atoms with E-state index >= 15 is 0 Å². The van der Waals surface area contributed by atoms with Crippen LogP contribution in [0.25, 0.3) is 0 Å². The lowest BCUT2D eigenvalue weighted by Crippen LogP contribution is -1.92. The number of phenols is 1. The Labute approximate surface area is 92.3 Å². The van der Waals surface area contributed by atoms with Gasteiger partial charge in [0, 0.05) is 0 Å². The van der Waals surface area contributed by atoms with E-state index in [-0.39, 0.29) is 0 Å². The topological polar surface area (TPSA) is 20.2 Å². The number of phenolic OH excluding ortho intramolecular Hbond substituents is 1. The summed E-state index contributed by atoms with van der Waals surface area (Å²) in [6, 6.07) is 2.13. The number of fused-ring (bicyclic) bond motifs is 1. The van der Waals surface area contributed by atoms with E-state index in [1.807, 2.05) is 6.92 Å². The maximum absolute atomic E-state index is 9.75. The van der Waals surface area contributed by atoms with E-state index in [4.69, 9.17) is 0 Å². The van der Waals surface area contributed by atoms with Gasteiger partial charge in [-0.3, -0.25) is 0 Å². The van der Waals surface area contributed by atoms with Crippen molar-refractivity contribution in [2.75, 3.05) is 0 Å². The van der Waals surface area contributed by atoms with E-state index in [0.29, 0.717) is 11.7 Å². The van der Waals surface area contributed by atoms with Gasteiger partial charge in [-0.05, 0) is 71.0 Å². The van der Waals surface area contributed by atoms with Gasteiger partial charge in [0.25, 0.3) is 0 Å². The van der Waals surface area contributed by atoms with Crippen molar-refractivity contribution in [3.63, 3.8) is 0 Å². The smallest absolute Gasteiger partial charge is 0.132 e. The van der Waals surface area contributed by atoms with Crippen LogP contribution < -0.4 is 0 Å². The van der Waals surface area contributed by atoms with Crippen LogP contribution >= 0.6 is 22.6 Å². The van der Waals surface area contributed by atoms with Gasteiger partial charge >= 0.3 is 0 Å². The summed E-state index contributed by atoms with van der Waals surface area (Å²) >= 11 is 2.20. The molecule has 1 unspecified atom stereocenters. The number of rotatable bonds is 0. The highest BCUT2D eigenvalue weighted by Crippen LogP contribution is 2.39. The molecule has 0 amide bonds. The van der Waals surface area contributed by atoms with Gasteiger partial charge in [-0.15, -0.1) is 0 Å². The molecular formula is C11H13IO. The second-order valence-corrected chi connectivity index (χ2v) is 5.00. The van der Waals surface area contributed by atoms with E-state index in [9.17, 15) is 5.11 Å². The highest BCUT2D eigenvalue weighted by Gasteiger charge is 2.22. The van der Waals surface area contributed by atoms with Gasteiger partial charge in [0.05, 0.1) is 3.57 Å². The molecule has 1 aliphatic carbocycles. The van der Waals surface area contributed by atoms with Crippen molar-refractivity contribution in [2.24, 2.45) is 0 Å². The van der Waals surface area contributed by atoms with Gasteiger partial charge in [0.1, 0.15) is 5.75 Å². The summed E-state index contributed by atoms with van der Waals surface area (Å²) in [7, 11) is 0. The van der Waals surface area contributed by atoms with E-state index in [1.54, 1.807) is 0 Å². The molecule has 70 valence electrons. The van der Waals surface area contributed by atoms with Crippen LogP contribution in [0.3, 0.4) is 0 Å². The quantitative estimate of drug-likeness (QED) is 0.726. The Kier molecular flexibility index (Phi) is 2.26. The lowest BCUT2D eigenvalue weighted by atomic mass is 10.00. The van der Waals surface area contributed by atoms with E-state index in [0.717, 1.165) is 15.6 Å². The minimum Gasteiger partial charge on any atom is -0.507 e. The Morgan fingerprint density at radius 3 is 2.92 bits per heavy atom. The van der Waals surface area contributed by atoms with Crippen molar-refractivity contribution in [1.82, 2.24) is 0 Å². The van der Waals surface area contributed by atoms with Crippen molar-refractivity contribution >= 4 is 22.6 Å². The Balaban J connectivity index is 2.67.